The van der Waals surface area contributed by atoms with E-state index in [-0.39, 0.29) is 5.97 Å². The number of carbonyl (C=O) groups is 1. The fourth-order valence-corrected chi connectivity index (χ4v) is 2.20. The number of thioether (sulfide) groups is 1. The van der Waals surface area contributed by atoms with Crippen LogP contribution in [0, 0.1) is 0 Å². The Labute approximate surface area is 91.8 Å². The summed E-state index contributed by atoms with van der Waals surface area (Å²) in [5.41, 5.74) is 1.57. The van der Waals surface area contributed by atoms with Gasteiger partial charge < -0.3 is 9.72 Å². The minimum Gasteiger partial charge on any atom is -0.465 e. The van der Waals surface area contributed by atoms with Gasteiger partial charge in [0, 0.05) is 22.0 Å². The summed E-state index contributed by atoms with van der Waals surface area (Å²) in [7, 11) is 1.40. The van der Waals surface area contributed by atoms with Crippen LogP contribution in [-0.2, 0) is 4.74 Å². The van der Waals surface area contributed by atoms with E-state index in [1.807, 2.05) is 24.6 Å². The van der Waals surface area contributed by atoms with Crippen molar-refractivity contribution in [1.29, 1.82) is 0 Å². The van der Waals surface area contributed by atoms with E-state index >= 15 is 0 Å². The molecule has 0 aliphatic rings. The maximum Gasteiger partial charge on any atom is 0.338 e. The number of esters is 1. The number of fused-ring (bicyclic) bond motifs is 1. The average Bonchev–Trinajstić information content (AvgIpc) is 2.70. The average molecular weight is 221 g/mol. The molecule has 3 nitrogen and oxygen atoms in total. The molecule has 4 heteroatoms. The molecular weight excluding hydrogens is 210 g/mol. The van der Waals surface area contributed by atoms with Gasteiger partial charge in [-0.1, -0.05) is 6.07 Å². The second-order valence-corrected chi connectivity index (χ2v) is 3.92. The van der Waals surface area contributed by atoms with Crippen molar-refractivity contribution in [2.75, 3.05) is 13.4 Å². The zero-order valence-electron chi connectivity index (χ0n) is 8.53. The number of hydrogen-bond acceptors (Lipinski definition) is 3. The van der Waals surface area contributed by atoms with E-state index in [9.17, 15) is 4.79 Å². The van der Waals surface area contributed by atoms with Crippen molar-refractivity contribution in [2.24, 2.45) is 0 Å². The molecule has 0 fully saturated rings. The molecule has 15 heavy (non-hydrogen) atoms. The number of ether oxygens (including phenoxy) is 1. The fraction of sp³-hybridized carbons (Fsp3) is 0.182. The van der Waals surface area contributed by atoms with Gasteiger partial charge in [-0.05, 0) is 18.4 Å². The van der Waals surface area contributed by atoms with Crippen molar-refractivity contribution in [3.8, 4) is 0 Å². The van der Waals surface area contributed by atoms with Crippen molar-refractivity contribution in [3.05, 3.63) is 30.0 Å². The van der Waals surface area contributed by atoms with E-state index in [4.69, 9.17) is 4.74 Å². The first kappa shape index (κ1) is 10.1. The second kappa shape index (κ2) is 3.98. The molecule has 1 N–H and O–H groups in total. The Morgan fingerprint density at radius 1 is 1.47 bits per heavy atom. The summed E-state index contributed by atoms with van der Waals surface area (Å²) in [6, 6.07) is 5.57. The molecule has 0 saturated heterocycles. The lowest BCUT2D eigenvalue weighted by Crippen LogP contribution is -2.01. The second-order valence-electron chi connectivity index (χ2n) is 3.08. The van der Waals surface area contributed by atoms with E-state index in [0.717, 1.165) is 15.8 Å². The number of nitrogens with one attached hydrogen (secondary N) is 1. The Balaban J connectivity index is 2.72. The Morgan fingerprint density at radius 3 is 2.93 bits per heavy atom. The van der Waals surface area contributed by atoms with Gasteiger partial charge in [-0.15, -0.1) is 11.8 Å². The van der Waals surface area contributed by atoms with Gasteiger partial charge in [0.15, 0.2) is 0 Å². The SMILES string of the molecule is COC(=O)c1cccc2[nH]cc(SC)c12. The quantitative estimate of drug-likeness (QED) is 0.626. The summed E-state index contributed by atoms with van der Waals surface area (Å²) in [4.78, 5) is 15.7. The molecule has 0 aliphatic carbocycles. The largest absolute Gasteiger partial charge is 0.465 e. The fourth-order valence-electron chi connectivity index (χ4n) is 1.59. The van der Waals surface area contributed by atoms with Crippen molar-refractivity contribution in [3.63, 3.8) is 0 Å². The van der Waals surface area contributed by atoms with Crippen LogP contribution in [0.5, 0.6) is 0 Å². The molecule has 0 amide bonds. The minimum absolute atomic E-state index is 0.296. The van der Waals surface area contributed by atoms with Crippen LogP contribution in [0.1, 0.15) is 10.4 Å². The highest BCUT2D eigenvalue weighted by atomic mass is 32.2. The number of benzene rings is 1. The highest BCUT2D eigenvalue weighted by Crippen LogP contribution is 2.29. The predicted molar refractivity (Wildman–Crippen MR) is 61.4 cm³/mol. The number of aromatic amines is 1. The summed E-state index contributed by atoms with van der Waals surface area (Å²) in [5.74, 6) is -0.296. The molecule has 0 radical (unpaired) electrons. The molecule has 2 rings (SSSR count). The summed E-state index contributed by atoms with van der Waals surface area (Å²) in [6.07, 6.45) is 3.89. The zero-order valence-corrected chi connectivity index (χ0v) is 9.35. The van der Waals surface area contributed by atoms with Crippen molar-refractivity contribution < 1.29 is 9.53 Å². The molecule has 1 aromatic carbocycles. The molecule has 78 valence electrons. The van der Waals surface area contributed by atoms with E-state index in [1.54, 1.807) is 17.8 Å². The van der Waals surface area contributed by atoms with E-state index in [1.165, 1.54) is 7.11 Å². The highest BCUT2D eigenvalue weighted by molar-refractivity contribution is 7.98. The summed E-state index contributed by atoms with van der Waals surface area (Å²) >= 11 is 1.61. The normalized spacial score (nSPS) is 10.5. The Bertz CT molecular complexity index is 504. The number of methoxy groups -OCH3 is 1. The van der Waals surface area contributed by atoms with Gasteiger partial charge in [-0.25, -0.2) is 4.79 Å². The Kier molecular flexibility index (Phi) is 2.68. The van der Waals surface area contributed by atoms with Gasteiger partial charge in [-0.3, -0.25) is 0 Å². The third-order valence-electron chi connectivity index (χ3n) is 2.29. The minimum atomic E-state index is -0.296. The van der Waals surface area contributed by atoms with Crippen LogP contribution in [0.15, 0.2) is 29.3 Å². The maximum absolute atomic E-state index is 11.5. The van der Waals surface area contributed by atoms with E-state index < -0.39 is 0 Å². The molecule has 0 atom stereocenters. The molecule has 0 bridgehead atoms. The third kappa shape index (κ3) is 1.61. The molecule has 0 saturated carbocycles. The summed E-state index contributed by atoms with van der Waals surface area (Å²) in [6.45, 7) is 0. The smallest absolute Gasteiger partial charge is 0.338 e. The first-order valence-corrected chi connectivity index (χ1v) is 5.72. The topological polar surface area (TPSA) is 42.1 Å². The Morgan fingerprint density at radius 2 is 2.27 bits per heavy atom. The van der Waals surface area contributed by atoms with Gasteiger partial charge in [0.05, 0.1) is 12.7 Å². The molecule has 0 aliphatic heterocycles. The zero-order chi connectivity index (χ0) is 10.8. The highest BCUT2D eigenvalue weighted by Gasteiger charge is 2.13. The van der Waals surface area contributed by atoms with Gasteiger partial charge in [0.1, 0.15) is 0 Å². The monoisotopic (exact) mass is 221 g/mol. The van der Waals surface area contributed by atoms with Crippen LogP contribution in [-0.4, -0.2) is 24.3 Å². The van der Waals surface area contributed by atoms with Gasteiger partial charge in [-0.2, -0.15) is 0 Å². The first-order chi connectivity index (χ1) is 7.27. The van der Waals surface area contributed by atoms with Gasteiger partial charge in [0.2, 0.25) is 0 Å². The third-order valence-corrected chi connectivity index (χ3v) is 3.06. The predicted octanol–water partition coefficient (Wildman–Crippen LogP) is 2.68. The number of H-pyrrole nitrogens is 1. The molecular formula is C11H11NO2S. The summed E-state index contributed by atoms with van der Waals surface area (Å²) in [5, 5.41) is 0.942. The van der Waals surface area contributed by atoms with Crippen molar-refractivity contribution >= 4 is 28.6 Å². The number of rotatable bonds is 2. The lowest BCUT2D eigenvalue weighted by atomic mass is 10.1. The number of carbonyl (C=O) groups excluding carboxylic acids is 1. The van der Waals surface area contributed by atoms with E-state index in [0.29, 0.717) is 5.56 Å². The van der Waals surface area contributed by atoms with Crippen LogP contribution >= 0.6 is 11.8 Å². The maximum atomic E-state index is 11.5. The molecule has 0 unspecified atom stereocenters. The lowest BCUT2D eigenvalue weighted by Gasteiger charge is -2.02. The van der Waals surface area contributed by atoms with Crippen molar-refractivity contribution in [1.82, 2.24) is 4.98 Å². The van der Waals surface area contributed by atoms with Crippen LogP contribution in [0.2, 0.25) is 0 Å². The number of hydrogen-bond donors (Lipinski definition) is 1. The van der Waals surface area contributed by atoms with E-state index in [2.05, 4.69) is 4.98 Å². The standard InChI is InChI=1S/C11H11NO2S/c1-14-11(13)7-4-3-5-8-10(7)9(15-2)6-12-8/h3-6,12H,1-2H3. The van der Waals surface area contributed by atoms with Crippen LogP contribution in [0.25, 0.3) is 10.9 Å². The summed E-state index contributed by atoms with van der Waals surface area (Å²) < 4.78 is 4.75. The van der Waals surface area contributed by atoms with Crippen LogP contribution in [0.4, 0.5) is 0 Å². The lowest BCUT2D eigenvalue weighted by molar-refractivity contribution is 0.0603. The molecule has 1 aromatic heterocycles. The van der Waals surface area contributed by atoms with Gasteiger partial charge in [0.25, 0.3) is 0 Å². The molecule has 2 aromatic rings. The molecule has 1 heterocycles. The first-order valence-electron chi connectivity index (χ1n) is 4.50. The number of aromatic nitrogens is 1. The molecule has 0 spiro atoms. The van der Waals surface area contributed by atoms with Gasteiger partial charge >= 0.3 is 5.97 Å². The Hall–Kier alpha value is -1.42. The van der Waals surface area contributed by atoms with Crippen molar-refractivity contribution in [2.45, 2.75) is 4.90 Å². The van der Waals surface area contributed by atoms with Crippen LogP contribution in [0.3, 0.4) is 0 Å². The van der Waals surface area contributed by atoms with Crippen LogP contribution < -0.4 is 0 Å².